The Morgan fingerprint density at radius 2 is 2.10 bits per heavy atom. The van der Waals surface area contributed by atoms with Gasteiger partial charge in [0, 0.05) is 16.8 Å². The molecule has 0 fully saturated rings. The molecule has 1 atom stereocenters. The molecule has 0 aliphatic heterocycles. The Morgan fingerprint density at radius 3 is 2.40 bits per heavy atom. The van der Waals surface area contributed by atoms with Crippen LogP contribution >= 0.6 is 0 Å². The molecular formula is C7H19NOSi. The summed E-state index contributed by atoms with van der Waals surface area (Å²) in [7, 11) is 1.16. The van der Waals surface area contributed by atoms with Crippen molar-refractivity contribution in [3.05, 3.63) is 0 Å². The van der Waals surface area contributed by atoms with Gasteiger partial charge < -0.3 is 10.5 Å². The van der Waals surface area contributed by atoms with Gasteiger partial charge >= 0.3 is 0 Å². The lowest BCUT2D eigenvalue weighted by Crippen LogP contribution is -2.25. The zero-order chi connectivity index (χ0) is 8.20. The van der Waals surface area contributed by atoms with E-state index in [-0.39, 0.29) is 0 Å². The van der Waals surface area contributed by atoms with Gasteiger partial charge in [-0.1, -0.05) is 13.8 Å². The lowest BCUT2D eigenvalue weighted by molar-refractivity contribution is 0.0469. The van der Waals surface area contributed by atoms with Crippen LogP contribution in [0.3, 0.4) is 0 Å². The first-order valence-electron chi connectivity index (χ1n) is 3.80. The lowest BCUT2D eigenvalue weighted by Gasteiger charge is -2.26. The van der Waals surface area contributed by atoms with Crippen LogP contribution in [0.25, 0.3) is 0 Å². The van der Waals surface area contributed by atoms with E-state index in [0.717, 1.165) is 10.2 Å². The van der Waals surface area contributed by atoms with Crippen molar-refractivity contribution < 1.29 is 4.74 Å². The third kappa shape index (κ3) is 4.03. The van der Waals surface area contributed by atoms with Crippen LogP contribution in [-0.2, 0) is 4.74 Å². The number of hydrogen-bond donors (Lipinski definition) is 1. The average Bonchev–Trinajstić information content (AvgIpc) is 1.80. The van der Waals surface area contributed by atoms with Gasteiger partial charge in [-0.05, 0) is 12.0 Å². The molecule has 0 aromatic heterocycles. The highest BCUT2D eigenvalue weighted by Crippen LogP contribution is 2.25. The Morgan fingerprint density at radius 1 is 1.60 bits per heavy atom. The second-order valence-electron chi connectivity index (χ2n) is 3.67. The predicted octanol–water partition coefficient (Wildman–Crippen LogP) is -0.0859. The molecule has 0 heterocycles. The van der Waals surface area contributed by atoms with Gasteiger partial charge in [-0.2, -0.15) is 0 Å². The Balaban J connectivity index is 3.52. The number of hydrogen-bond acceptors (Lipinski definition) is 2. The molecule has 62 valence electrons. The van der Waals surface area contributed by atoms with E-state index in [1.807, 2.05) is 0 Å². The number of nitrogens with two attached hydrogens (primary N) is 1. The van der Waals surface area contributed by atoms with Crippen LogP contribution in [0, 0.1) is 0 Å². The van der Waals surface area contributed by atoms with Crippen LogP contribution in [0.15, 0.2) is 0 Å². The second kappa shape index (κ2) is 4.11. The third-order valence-electron chi connectivity index (χ3n) is 1.71. The van der Waals surface area contributed by atoms with Gasteiger partial charge in [-0.25, -0.2) is 0 Å². The minimum atomic E-state index is 0.350. The first-order chi connectivity index (χ1) is 4.48. The van der Waals surface area contributed by atoms with E-state index in [1.165, 1.54) is 0 Å². The molecule has 3 heteroatoms. The highest BCUT2D eigenvalue weighted by Gasteiger charge is 2.19. The van der Waals surface area contributed by atoms with E-state index in [1.54, 1.807) is 0 Å². The zero-order valence-electron chi connectivity index (χ0n) is 7.48. The maximum atomic E-state index is 5.47. The molecule has 2 N–H and O–H groups in total. The summed E-state index contributed by atoms with van der Waals surface area (Å²) in [6.45, 7) is 7.87. The molecule has 0 amide bonds. The summed E-state index contributed by atoms with van der Waals surface area (Å²) in [5, 5.41) is 0.370. The smallest absolute Gasteiger partial charge is 0.0592 e. The molecule has 0 saturated heterocycles. The van der Waals surface area contributed by atoms with E-state index in [2.05, 4.69) is 20.8 Å². The first-order valence-corrected chi connectivity index (χ1v) is 4.80. The van der Waals surface area contributed by atoms with Crippen LogP contribution < -0.4 is 5.73 Å². The summed E-state index contributed by atoms with van der Waals surface area (Å²) < 4.78 is 5.47. The minimum absolute atomic E-state index is 0.350. The summed E-state index contributed by atoms with van der Waals surface area (Å²) in [5.74, 6) is 0. The van der Waals surface area contributed by atoms with Crippen molar-refractivity contribution in [1.29, 1.82) is 0 Å². The second-order valence-corrected chi connectivity index (χ2v) is 6.25. The van der Waals surface area contributed by atoms with Crippen LogP contribution in [0.1, 0.15) is 20.8 Å². The summed E-state index contributed by atoms with van der Waals surface area (Å²) in [6.07, 6.45) is 0.350. The summed E-state index contributed by atoms with van der Waals surface area (Å²) in [5.41, 5.74) is 5.31. The SMILES string of the molecule is CC(OCCN)C(C)(C)[SiH3]. The van der Waals surface area contributed by atoms with Gasteiger partial charge in [-0.3, -0.25) is 0 Å². The standard InChI is InChI=1S/C7H19NOSi/c1-6(7(2,3)10)9-5-4-8/h6H,4-5,8H2,1-3,10H3. The molecule has 0 spiro atoms. The molecule has 0 aromatic rings. The quantitative estimate of drug-likeness (QED) is 0.585. The summed E-state index contributed by atoms with van der Waals surface area (Å²) in [4.78, 5) is 0. The van der Waals surface area contributed by atoms with Crippen molar-refractivity contribution in [2.24, 2.45) is 5.73 Å². The molecule has 2 nitrogen and oxygen atoms in total. The maximum Gasteiger partial charge on any atom is 0.0592 e. The molecule has 10 heavy (non-hydrogen) atoms. The van der Waals surface area contributed by atoms with Crippen LogP contribution in [-0.4, -0.2) is 29.5 Å². The van der Waals surface area contributed by atoms with Crippen molar-refractivity contribution in [1.82, 2.24) is 0 Å². The zero-order valence-corrected chi connectivity index (χ0v) is 9.48. The van der Waals surface area contributed by atoms with Crippen LogP contribution in [0.5, 0.6) is 0 Å². The first kappa shape index (κ1) is 10.1. The fourth-order valence-electron chi connectivity index (χ4n) is 0.495. The van der Waals surface area contributed by atoms with E-state index in [9.17, 15) is 0 Å². The summed E-state index contributed by atoms with van der Waals surface area (Å²) >= 11 is 0. The molecule has 0 aromatic carbocycles. The van der Waals surface area contributed by atoms with E-state index < -0.39 is 0 Å². The predicted molar refractivity (Wildman–Crippen MR) is 48.4 cm³/mol. The van der Waals surface area contributed by atoms with Gasteiger partial charge in [0.05, 0.1) is 12.7 Å². The molecule has 0 rings (SSSR count). The minimum Gasteiger partial charge on any atom is -0.377 e. The average molecular weight is 161 g/mol. The molecule has 0 aliphatic carbocycles. The Bertz CT molecular complexity index is 90.1. The van der Waals surface area contributed by atoms with Crippen molar-refractivity contribution in [3.8, 4) is 0 Å². The van der Waals surface area contributed by atoms with Gasteiger partial charge in [0.2, 0.25) is 0 Å². The topological polar surface area (TPSA) is 35.2 Å². The van der Waals surface area contributed by atoms with Crippen molar-refractivity contribution >= 4 is 10.2 Å². The highest BCUT2D eigenvalue weighted by atomic mass is 28.1. The van der Waals surface area contributed by atoms with Gasteiger partial charge in [-0.15, -0.1) is 0 Å². The Labute approximate surface area is 66.6 Å². The third-order valence-corrected chi connectivity index (χ3v) is 2.52. The molecule has 0 saturated carbocycles. The molecule has 0 aliphatic rings. The fourth-order valence-corrected chi connectivity index (χ4v) is 0.661. The van der Waals surface area contributed by atoms with Crippen molar-refractivity contribution in [2.75, 3.05) is 13.2 Å². The monoisotopic (exact) mass is 161 g/mol. The highest BCUT2D eigenvalue weighted by molar-refractivity contribution is 6.15. The van der Waals surface area contributed by atoms with E-state index in [0.29, 0.717) is 24.3 Å². The van der Waals surface area contributed by atoms with Gasteiger partial charge in [0.1, 0.15) is 0 Å². The van der Waals surface area contributed by atoms with E-state index >= 15 is 0 Å². The Hall–Kier alpha value is 0.137. The largest absolute Gasteiger partial charge is 0.377 e. The van der Waals surface area contributed by atoms with Gasteiger partial charge in [0.25, 0.3) is 0 Å². The van der Waals surface area contributed by atoms with Crippen molar-refractivity contribution in [2.45, 2.75) is 31.9 Å². The molecule has 0 bridgehead atoms. The van der Waals surface area contributed by atoms with Crippen molar-refractivity contribution in [3.63, 3.8) is 0 Å². The Kier molecular flexibility index (Phi) is 4.16. The normalized spacial score (nSPS) is 15.6. The van der Waals surface area contributed by atoms with E-state index in [4.69, 9.17) is 10.5 Å². The van der Waals surface area contributed by atoms with Crippen LogP contribution in [0.4, 0.5) is 0 Å². The molecule has 1 unspecified atom stereocenters. The molecular weight excluding hydrogens is 142 g/mol. The number of rotatable bonds is 4. The van der Waals surface area contributed by atoms with Gasteiger partial charge in [0.15, 0.2) is 0 Å². The fraction of sp³-hybridized carbons (Fsp3) is 1.00. The lowest BCUT2D eigenvalue weighted by atomic mass is 10.1. The number of ether oxygens (including phenoxy) is 1. The maximum absolute atomic E-state index is 5.47. The van der Waals surface area contributed by atoms with Crippen LogP contribution in [0.2, 0.25) is 5.04 Å². The summed E-state index contributed by atoms with van der Waals surface area (Å²) in [6, 6.07) is 0. The molecule has 0 radical (unpaired) electrons.